The van der Waals surface area contributed by atoms with Crippen molar-refractivity contribution in [2.24, 2.45) is 0 Å². The van der Waals surface area contributed by atoms with Crippen molar-refractivity contribution in [3.8, 4) is 0 Å². The minimum Gasteiger partial charge on any atom is -0.459 e. The number of sulfone groups is 1. The molecule has 0 bridgehead atoms. The highest BCUT2D eigenvalue weighted by atomic mass is 32.2. The van der Waals surface area contributed by atoms with Crippen molar-refractivity contribution >= 4 is 38.7 Å². The van der Waals surface area contributed by atoms with Crippen molar-refractivity contribution in [2.45, 2.75) is 19.4 Å². The van der Waals surface area contributed by atoms with Crippen LogP contribution in [0.25, 0.3) is 0 Å². The van der Waals surface area contributed by atoms with Crippen LogP contribution in [0.4, 0.5) is 17.1 Å². The third kappa shape index (κ3) is 6.65. The SMILES string of the molecule is Cc1ccccc1N1CCN(c2ccc(C(=O)NCCNC3CCS(=O)(=O)C3)cc2NC(=O)c2ccco2)CC1. The quantitative estimate of drug-likeness (QED) is 0.339. The van der Waals surface area contributed by atoms with Gasteiger partial charge in [-0.1, -0.05) is 18.2 Å². The molecule has 0 spiro atoms. The van der Waals surface area contributed by atoms with E-state index in [1.165, 1.54) is 17.5 Å². The minimum atomic E-state index is -2.95. The zero-order valence-electron chi connectivity index (χ0n) is 22.6. The number of benzene rings is 2. The van der Waals surface area contributed by atoms with Gasteiger partial charge in [0, 0.05) is 56.6 Å². The van der Waals surface area contributed by atoms with Gasteiger partial charge in [-0.05, 0) is 55.3 Å². The molecule has 212 valence electrons. The Labute approximate surface area is 234 Å². The first-order valence-electron chi connectivity index (χ1n) is 13.6. The second kappa shape index (κ2) is 12.1. The second-order valence-corrected chi connectivity index (χ2v) is 12.5. The van der Waals surface area contributed by atoms with Crippen molar-refractivity contribution in [3.05, 3.63) is 77.7 Å². The summed E-state index contributed by atoms with van der Waals surface area (Å²) >= 11 is 0. The van der Waals surface area contributed by atoms with E-state index in [-0.39, 0.29) is 29.2 Å². The molecule has 2 aliphatic rings. The molecule has 0 aliphatic carbocycles. The van der Waals surface area contributed by atoms with Crippen LogP contribution in [0, 0.1) is 6.92 Å². The Morgan fingerprint density at radius 2 is 1.68 bits per heavy atom. The summed E-state index contributed by atoms with van der Waals surface area (Å²) in [5, 5.41) is 9.01. The largest absolute Gasteiger partial charge is 0.459 e. The number of furan rings is 1. The predicted molar refractivity (Wildman–Crippen MR) is 156 cm³/mol. The highest BCUT2D eigenvalue weighted by Gasteiger charge is 2.27. The van der Waals surface area contributed by atoms with Gasteiger partial charge in [0.05, 0.1) is 29.1 Å². The number of carbonyl (C=O) groups excluding carboxylic acids is 2. The number of aryl methyl sites for hydroxylation is 1. The van der Waals surface area contributed by atoms with Crippen LogP contribution < -0.4 is 25.8 Å². The average molecular weight is 566 g/mol. The number of carbonyl (C=O) groups is 2. The van der Waals surface area contributed by atoms with Crippen molar-refractivity contribution in [1.29, 1.82) is 0 Å². The molecule has 1 unspecified atom stereocenters. The number of hydrogen-bond donors (Lipinski definition) is 3. The van der Waals surface area contributed by atoms with E-state index in [4.69, 9.17) is 4.42 Å². The van der Waals surface area contributed by atoms with Gasteiger partial charge >= 0.3 is 0 Å². The fourth-order valence-electron chi connectivity index (χ4n) is 5.26. The van der Waals surface area contributed by atoms with E-state index in [1.54, 1.807) is 24.3 Å². The number of para-hydroxylation sites is 1. The molecule has 1 aromatic heterocycles. The molecule has 2 aliphatic heterocycles. The molecule has 1 atom stereocenters. The number of rotatable bonds is 9. The number of nitrogens with zero attached hydrogens (tertiary/aromatic N) is 2. The Kier molecular flexibility index (Phi) is 8.41. The van der Waals surface area contributed by atoms with Crippen LogP contribution in [0.5, 0.6) is 0 Å². The predicted octanol–water partition coefficient (Wildman–Crippen LogP) is 2.67. The van der Waals surface area contributed by atoms with Gasteiger partial charge in [-0.2, -0.15) is 0 Å². The third-order valence-electron chi connectivity index (χ3n) is 7.40. The molecule has 2 aromatic carbocycles. The Bertz CT molecular complexity index is 1450. The van der Waals surface area contributed by atoms with Crippen molar-refractivity contribution in [3.63, 3.8) is 0 Å². The number of nitrogens with one attached hydrogen (secondary N) is 3. The Balaban J connectivity index is 1.25. The van der Waals surface area contributed by atoms with Gasteiger partial charge < -0.3 is 30.2 Å². The molecule has 3 heterocycles. The summed E-state index contributed by atoms with van der Waals surface area (Å²) < 4.78 is 28.5. The zero-order valence-corrected chi connectivity index (χ0v) is 23.4. The molecule has 10 nitrogen and oxygen atoms in total. The standard InChI is InChI=1S/C29H35N5O5S/c1-21-5-2-3-6-25(21)33-13-15-34(16-14-33)26-9-8-22(19-24(26)32-29(36)27-7-4-17-39-27)28(35)31-12-11-30-23-10-18-40(37,38)20-23/h2-9,17,19,23,30H,10-16,18,20H2,1H3,(H,31,35)(H,32,36). The van der Waals surface area contributed by atoms with Crippen LogP contribution in [-0.4, -0.2) is 77.0 Å². The highest BCUT2D eigenvalue weighted by Crippen LogP contribution is 2.30. The van der Waals surface area contributed by atoms with E-state index >= 15 is 0 Å². The first-order valence-corrected chi connectivity index (χ1v) is 15.4. The smallest absolute Gasteiger partial charge is 0.291 e. The van der Waals surface area contributed by atoms with Gasteiger partial charge in [0.2, 0.25) is 0 Å². The van der Waals surface area contributed by atoms with E-state index in [0.29, 0.717) is 30.8 Å². The van der Waals surface area contributed by atoms with Crippen molar-refractivity contribution < 1.29 is 22.4 Å². The molecule has 2 amide bonds. The molecule has 11 heteroatoms. The molecule has 40 heavy (non-hydrogen) atoms. The van der Waals surface area contributed by atoms with Crippen LogP contribution in [0.2, 0.25) is 0 Å². The molecular formula is C29H35N5O5S. The fraction of sp³-hybridized carbons (Fsp3) is 0.379. The second-order valence-electron chi connectivity index (χ2n) is 10.2. The lowest BCUT2D eigenvalue weighted by Gasteiger charge is -2.38. The molecule has 5 rings (SSSR count). The van der Waals surface area contributed by atoms with Crippen LogP contribution in [0.3, 0.4) is 0 Å². The molecule has 3 N–H and O–H groups in total. The lowest BCUT2D eigenvalue weighted by molar-refractivity contribution is 0.0951. The summed E-state index contributed by atoms with van der Waals surface area (Å²) in [6, 6.07) is 16.8. The number of anilines is 3. The van der Waals surface area contributed by atoms with E-state index in [1.807, 2.05) is 12.1 Å². The monoisotopic (exact) mass is 565 g/mol. The van der Waals surface area contributed by atoms with Crippen LogP contribution >= 0.6 is 0 Å². The van der Waals surface area contributed by atoms with Gasteiger partial charge in [0.15, 0.2) is 15.6 Å². The molecule has 0 radical (unpaired) electrons. The van der Waals surface area contributed by atoms with Crippen molar-refractivity contribution in [2.75, 3.05) is 65.9 Å². The Hall–Kier alpha value is -3.83. The number of hydrogen-bond acceptors (Lipinski definition) is 8. The lowest BCUT2D eigenvalue weighted by atomic mass is 10.1. The van der Waals surface area contributed by atoms with E-state index < -0.39 is 15.7 Å². The van der Waals surface area contributed by atoms with Gasteiger partial charge in [0.25, 0.3) is 11.8 Å². The van der Waals surface area contributed by atoms with Gasteiger partial charge in [-0.3, -0.25) is 9.59 Å². The first-order chi connectivity index (χ1) is 19.3. The maximum atomic E-state index is 12.9. The summed E-state index contributed by atoms with van der Waals surface area (Å²) in [6.45, 7) is 6.10. The average Bonchev–Trinajstić information content (AvgIpc) is 3.61. The molecule has 2 fully saturated rings. The first kappa shape index (κ1) is 27.7. The third-order valence-corrected chi connectivity index (χ3v) is 9.17. The minimum absolute atomic E-state index is 0.0733. The van der Waals surface area contributed by atoms with Crippen LogP contribution in [0.1, 0.15) is 32.9 Å². The Morgan fingerprint density at radius 1 is 0.925 bits per heavy atom. The number of piperazine rings is 1. The maximum absolute atomic E-state index is 12.9. The van der Waals surface area contributed by atoms with Gasteiger partial charge in [-0.25, -0.2) is 8.42 Å². The van der Waals surface area contributed by atoms with Gasteiger partial charge in [0.1, 0.15) is 0 Å². The fourth-order valence-corrected chi connectivity index (χ4v) is 6.97. The summed E-state index contributed by atoms with van der Waals surface area (Å²) in [5.74, 6) is -0.134. The van der Waals surface area contributed by atoms with E-state index in [9.17, 15) is 18.0 Å². The molecule has 2 saturated heterocycles. The zero-order chi connectivity index (χ0) is 28.1. The summed E-state index contributed by atoms with van der Waals surface area (Å²) in [6.07, 6.45) is 2.04. The lowest BCUT2D eigenvalue weighted by Crippen LogP contribution is -2.47. The molecule has 3 aromatic rings. The van der Waals surface area contributed by atoms with E-state index in [0.717, 1.165) is 31.9 Å². The number of amides is 2. The van der Waals surface area contributed by atoms with Crippen LogP contribution in [-0.2, 0) is 9.84 Å². The summed E-state index contributed by atoms with van der Waals surface area (Å²) in [5.41, 5.74) is 4.25. The van der Waals surface area contributed by atoms with Crippen LogP contribution in [0.15, 0.2) is 65.3 Å². The normalized spacial score (nSPS) is 18.5. The highest BCUT2D eigenvalue weighted by molar-refractivity contribution is 7.91. The topological polar surface area (TPSA) is 124 Å². The summed E-state index contributed by atoms with van der Waals surface area (Å²) in [7, 11) is -2.95. The molecule has 0 saturated carbocycles. The van der Waals surface area contributed by atoms with Crippen molar-refractivity contribution in [1.82, 2.24) is 10.6 Å². The Morgan fingerprint density at radius 3 is 2.35 bits per heavy atom. The van der Waals surface area contributed by atoms with Gasteiger partial charge in [-0.15, -0.1) is 0 Å². The maximum Gasteiger partial charge on any atom is 0.291 e. The summed E-state index contributed by atoms with van der Waals surface area (Å²) in [4.78, 5) is 30.4. The van der Waals surface area contributed by atoms with E-state index in [2.05, 4.69) is 50.9 Å². The molecular weight excluding hydrogens is 530 g/mol.